The third kappa shape index (κ3) is 4.85. The molecule has 5 rings (SSSR count). The molecule has 2 nitrogen and oxygen atoms in total. The van der Waals surface area contributed by atoms with E-state index in [1.165, 1.54) is 12.1 Å². The van der Waals surface area contributed by atoms with Gasteiger partial charge in [-0.15, -0.1) is 11.3 Å². The van der Waals surface area contributed by atoms with Gasteiger partial charge in [-0.05, 0) is 53.8 Å². The van der Waals surface area contributed by atoms with E-state index >= 15 is 0 Å². The first-order valence-electron chi connectivity index (χ1n) is 11.6. The number of Topliss-reactive ketones (excluding diaryl/α,β-unsaturated/α-hetero) is 1. The molecule has 4 atom stereocenters. The Balaban J connectivity index is 1.63. The van der Waals surface area contributed by atoms with Gasteiger partial charge in [-0.2, -0.15) is 13.2 Å². The van der Waals surface area contributed by atoms with Gasteiger partial charge in [0.15, 0.2) is 5.78 Å². The fraction of sp³-hybridized carbons (Fsp3) is 0.207. The molecule has 0 aliphatic carbocycles. The molecule has 1 fully saturated rings. The van der Waals surface area contributed by atoms with Crippen molar-refractivity contribution in [1.82, 2.24) is 5.32 Å². The second kappa shape index (κ2) is 9.85. The summed E-state index contributed by atoms with van der Waals surface area (Å²) in [4.78, 5) is 15.1. The van der Waals surface area contributed by atoms with Crippen molar-refractivity contribution in [1.29, 1.82) is 0 Å². The van der Waals surface area contributed by atoms with Gasteiger partial charge >= 0.3 is 6.18 Å². The zero-order valence-corrected chi connectivity index (χ0v) is 20.9. The zero-order valence-electron chi connectivity index (χ0n) is 19.3. The van der Waals surface area contributed by atoms with Crippen molar-refractivity contribution in [2.24, 2.45) is 5.92 Å². The SMILES string of the molecule is Cc1ccc(C(=O)[C@H]2[C@H](c3cccs3)[C@H](c3ccc(Cl)cc3)N[C@H]2c2ccc(C(F)(F)F)cc2)cc1. The van der Waals surface area contributed by atoms with Crippen LogP contribution in [0.25, 0.3) is 0 Å². The number of aryl methyl sites for hydroxylation is 1. The van der Waals surface area contributed by atoms with Gasteiger partial charge < -0.3 is 5.32 Å². The van der Waals surface area contributed by atoms with Gasteiger partial charge in [-0.3, -0.25) is 4.79 Å². The smallest absolute Gasteiger partial charge is 0.302 e. The van der Waals surface area contributed by atoms with Crippen LogP contribution >= 0.6 is 22.9 Å². The topological polar surface area (TPSA) is 29.1 Å². The molecular formula is C29H23ClF3NOS. The molecule has 36 heavy (non-hydrogen) atoms. The molecule has 1 aliphatic rings. The molecular weight excluding hydrogens is 503 g/mol. The number of hydrogen-bond donors (Lipinski definition) is 1. The van der Waals surface area contributed by atoms with Crippen LogP contribution in [0.3, 0.4) is 0 Å². The summed E-state index contributed by atoms with van der Waals surface area (Å²) < 4.78 is 39.7. The lowest BCUT2D eigenvalue weighted by Crippen LogP contribution is -2.26. The quantitative estimate of drug-likeness (QED) is 0.265. The summed E-state index contributed by atoms with van der Waals surface area (Å²) in [6, 6.07) is 23.3. The molecule has 1 saturated heterocycles. The van der Waals surface area contributed by atoms with Crippen LogP contribution in [0.15, 0.2) is 90.3 Å². The predicted molar refractivity (Wildman–Crippen MR) is 138 cm³/mol. The molecule has 0 amide bonds. The van der Waals surface area contributed by atoms with E-state index in [0.29, 0.717) is 16.1 Å². The third-order valence-corrected chi connectivity index (χ3v) is 8.03. The zero-order chi connectivity index (χ0) is 25.4. The second-order valence-corrected chi connectivity index (χ2v) is 10.5. The highest BCUT2D eigenvalue weighted by Gasteiger charge is 2.49. The van der Waals surface area contributed by atoms with Crippen molar-refractivity contribution < 1.29 is 18.0 Å². The Bertz CT molecular complexity index is 1330. The summed E-state index contributed by atoms with van der Waals surface area (Å²) in [5, 5.41) is 6.20. The Labute approximate surface area is 216 Å². The molecule has 0 radical (unpaired) electrons. The van der Waals surface area contributed by atoms with Crippen molar-refractivity contribution in [2.75, 3.05) is 0 Å². The highest BCUT2D eigenvalue weighted by molar-refractivity contribution is 7.10. The van der Waals surface area contributed by atoms with Crippen molar-refractivity contribution >= 4 is 28.7 Å². The molecule has 0 spiro atoms. The van der Waals surface area contributed by atoms with Crippen molar-refractivity contribution in [3.05, 3.63) is 128 Å². The van der Waals surface area contributed by atoms with Crippen LogP contribution < -0.4 is 5.32 Å². The van der Waals surface area contributed by atoms with Crippen LogP contribution in [0.2, 0.25) is 5.02 Å². The Kier molecular flexibility index (Phi) is 6.77. The molecule has 1 aliphatic heterocycles. The standard InChI is InChI=1S/C29H23ClF3NOS/c1-17-4-6-20(7-5-17)28(35)25-24(23-3-2-16-36-23)26(19-10-14-22(30)15-11-19)34-27(25)18-8-12-21(13-9-18)29(31,32)33/h2-16,24-27,34H,1H3/t24-,25-,26-,27-/m0/s1. The van der Waals surface area contributed by atoms with E-state index < -0.39 is 23.7 Å². The van der Waals surface area contributed by atoms with Gasteiger partial charge in [0, 0.05) is 33.5 Å². The normalized spacial score (nSPS) is 22.0. The van der Waals surface area contributed by atoms with E-state index in [9.17, 15) is 18.0 Å². The maximum Gasteiger partial charge on any atom is 0.416 e. The van der Waals surface area contributed by atoms with Crippen LogP contribution in [-0.4, -0.2) is 5.78 Å². The fourth-order valence-electron chi connectivity index (χ4n) is 5.02. The molecule has 0 saturated carbocycles. The number of thiophene rings is 1. The van der Waals surface area contributed by atoms with Crippen LogP contribution in [0.1, 0.15) is 55.5 Å². The fourth-order valence-corrected chi connectivity index (χ4v) is 6.06. The Hall–Kier alpha value is -2.93. The Morgan fingerprint density at radius 2 is 1.47 bits per heavy atom. The summed E-state index contributed by atoms with van der Waals surface area (Å²) >= 11 is 7.71. The van der Waals surface area contributed by atoms with Gasteiger partial charge in [0.1, 0.15) is 0 Å². The maximum atomic E-state index is 14.1. The number of nitrogens with one attached hydrogen (secondary N) is 1. The van der Waals surface area contributed by atoms with Crippen molar-refractivity contribution in [3.63, 3.8) is 0 Å². The number of benzene rings is 3. The predicted octanol–water partition coefficient (Wildman–Crippen LogP) is 8.40. The molecule has 0 unspecified atom stereocenters. The summed E-state index contributed by atoms with van der Waals surface area (Å²) in [5.41, 5.74) is 2.53. The third-order valence-electron chi connectivity index (χ3n) is 6.80. The molecule has 3 aromatic carbocycles. The summed E-state index contributed by atoms with van der Waals surface area (Å²) in [5.74, 6) is -0.779. The first kappa shape index (κ1) is 24.8. The minimum absolute atomic E-state index is 0.0396. The summed E-state index contributed by atoms with van der Waals surface area (Å²) in [7, 11) is 0. The molecule has 184 valence electrons. The number of halogens is 4. The summed E-state index contributed by atoms with van der Waals surface area (Å²) in [6.45, 7) is 1.96. The minimum Gasteiger partial charge on any atom is -0.302 e. The molecule has 2 heterocycles. The minimum atomic E-state index is -4.43. The van der Waals surface area contributed by atoms with Crippen molar-refractivity contribution in [3.8, 4) is 0 Å². The van der Waals surface area contributed by atoms with E-state index in [1.54, 1.807) is 11.3 Å². The number of hydrogen-bond acceptors (Lipinski definition) is 3. The van der Waals surface area contributed by atoms with E-state index in [4.69, 9.17) is 11.6 Å². The first-order valence-corrected chi connectivity index (χ1v) is 12.8. The lowest BCUT2D eigenvalue weighted by Gasteiger charge is -2.24. The highest BCUT2D eigenvalue weighted by Crippen LogP contribution is 2.52. The van der Waals surface area contributed by atoms with Crippen LogP contribution in [0.5, 0.6) is 0 Å². The van der Waals surface area contributed by atoms with Crippen LogP contribution in [-0.2, 0) is 6.18 Å². The van der Waals surface area contributed by atoms with Crippen LogP contribution in [0.4, 0.5) is 13.2 Å². The number of alkyl halides is 3. The highest BCUT2D eigenvalue weighted by atomic mass is 35.5. The Morgan fingerprint density at radius 3 is 2.06 bits per heavy atom. The summed E-state index contributed by atoms with van der Waals surface area (Å²) in [6.07, 6.45) is -4.43. The van der Waals surface area contributed by atoms with E-state index in [0.717, 1.165) is 28.1 Å². The van der Waals surface area contributed by atoms with Crippen LogP contribution in [0, 0.1) is 12.8 Å². The maximum absolute atomic E-state index is 14.1. The van der Waals surface area contributed by atoms with E-state index in [2.05, 4.69) is 5.32 Å². The monoisotopic (exact) mass is 525 g/mol. The van der Waals surface area contributed by atoms with Gasteiger partial charge in [0.05, 0.1) is 11.5 Å². The van der Waals surface area contributed by atoms with Crippen molar-refractivity contribution in [2.45, 2.75) is 31.1 Å². The first-order chi connectivity index (χ1) is 17.2. The van der Waals surface area contributed by atoms with E-state index in [1.807, 2.05) is 73.0 Å². The lowest BCUT2D eigenvalue weighted by molar-refractivity contribution is -0.137. The number of rotatable bonds is 5. The van der Waals surface area contributed by atoms with Gasteiger partial charge in [-0.25, -0.2) is 0 Å². The van der Waals surface area contributed by atoms with E-state index in [-0.39, 0.29) is 17.7 Å². The largest absolute Gasteiger partial charge is 0.416 e. The number of carbonyl (C=O) groups excluding carboxylic acids is 1. The molecule has 4 aromatic rings. The van der Waals surface area contributed by atoms with Gasteiger partial charge in [-0.1, -0.05) is 71.8 Å². The second-order valence-electron chi connectivity index (χ2n) is 9.09. The average molecular weight is 526 g/mol. The van der Waals surface area contributed by atoms with Gasteiger partial charge in [0.2, 0.25) is 0 Å². The lowest BCUT2D eigenvalue weighted by atomic mass is 9.77. The molecule has 1 aromatic heterocycles. The average Bonchev–Trinajstić information content (AvgIpc) is 3.52. The molecule has 7 heteroatoms. The number of ketones is 1. The Morgan fingerprint density at radius 1 is 0.861 bits per heavy atom. The molecule has 0 bridgehead atoms. The molecule has 1 N–H and O–H groups in total. The van der Waals surface area contributed by atoms with Gasteiger partial charge in [0.25, 0.3) is 0 Å². The number of carbonyl (C=O) groups is 1.